The van der Waals surface area contributed by atoms with Gasteiger partial charge in [0.05, 0.1) is 11.1 Å². The van der Waals surface area contributed by atoms with Crippen LogP contribution in [0.4, 0.5) is 26.3 Å². The normalized spacial score (nSPS) is 13.6. The van der Waals surface area contributed by atoms with E-state index in [1.54, 1.807) is 0 Å². The average molecular weight is 337 g/mol. The summed E-state index contributed by atoms with van der Waals surface area (Å²) in [5.41, 5.74) is -3.33. The molecule has 0 saturated carbocycles. The zero-order valence-corrected chi connectivity index (χ0v) is 11.4. The minimum absolute atomic E-state index is 0.130. The van der Waals surface area contributed by atoms with Crippen molar-refractivity contribution in [3.05, 3.63) is 29.3 Å². The molecule has 0 saturated heterocycles. The second-order valence-electron chi connectivity index (χ2n) is 4.07. The summed E-state index contributed by atoms with van der Waals surface area (Å²) >= 11 is 0. The zero-order valence-electron chi connectivity index (χ0n) is 10.6. The molecule has 0 N–H and O–H groups in total. The van der Waals surface area contributed by atoms with Crippen LogP contribution in [0.3, 0.4) is 0 Å². The largest absolute Gasteiger partial charge is 0.416 e. The third-order valence-corrected chi connectivity index (χ3v) is 3.51. The first kappa shape index (κ1) is 17.6. The molecule has 0 amide bonds. The van der Waals surface area contributed by atoms with Gasteiger partial charge >= 0.3 is 22.7 Å². The molecule has 1 aromatic rings. The van der Waals surface area contributed by atoms with Gasteiger partial charge in [-0.2, -0.15) is 39.1 Å². The van der Waals surface area contributed by atoms with Crippen molar-refractivity contribution in [2.75, 3.05) is 14.1 Å². The van der Waals surface area contributed by atoms with E-state index >= 15 is 0 Å². The molecule has 0 unspecified atom stereocenters. The topological polar surface area (TPSA) is 46.6 Å². The lowest BCUT2D eigenvalue weighted by Crippen LogP contribution is -2.27. The van der Waals surface area contributed by atoms with E-state index in [2.05, 4.69) is 4.18 Å². The first-order valence-corrected chi connectivity index (χ1v) is 6.51. The van der Waals surface area contributed by atoms with Crippen molar-refractivity contribution in [3.8, 4) is 5.75 Å². The smallest absolute Gasteiger partial charge is 0.371 e. The number of hydrogen-bond donors (Lipinski definition) is 0. The highest BCUT2D eigenvalue weighted by Gasteiger charge is 2.37. The van der Waals surface area contributed by atoms with E-state index in [0.717, 1.165) is 14.1 Å². The molecule has 0 aliphatic rings. The van der Waals surface area contributed by atoms with Crippen LogP contribution in [-0.4, -0.2) is 26.8 Å². The maximum atomic E-state index is 12.5. The van der Waals surface area contributed by atoms with Crippen molar-refractivity contribution >= 4 is 10.3 Å². The van der Waals surface area contributed by atoms with Gasteiger partial charge in [-0.05, 0) is 18.2 Å². The molecule has 21 heavy (non-hydrogen) atoms. The van der Waals surface area contributed by atoms with Gasteiger partial charge in [0.1, 0.15) is 5.75 Å². The molecule has 0 fully saturated rings. The van der Waals surface area contributed by atoms with Gasteiger partial charge in [0.25, 0.3) is 0 Å². The molecule has 0 heterocycles. The minimum Gasteiger partial charge on any atom is -0.371 e. The number of alkyl halides is 6. The van der Waals surface area contributed by atoms with E-state index in [0.29, 0.717) is 4.31 Å². The third kappa shape index (κ3) is 4.49. The van der Waals surface area contributed by atoms with E-state index < -0.39 is 39.5 Å². The number of halogens is 6. The Labute approximate surface area is 116 Å². The minimum atomic E-state index is -5.08. The van der Waals surface area contributed by atoms with Crippen LogP contribution in [0.25, 0.3) is 0 Å². The maximum Gasteiger partial charge on any atom is 0.416 e. The summed E-state index contributed by atoms with van der Waals surface area (Å²) in [6, 6.07) is 0.224. The highest BCUT2D eigenvalue weighted by molar-refractivity contribution is 7.84. The fourth-order valence-electron chi connectivity index (χ4n) is 1.17. The lowest BCUT2D eigenvalue weighted by Gasteiger charge is -2.16. The molecule has 0 aliphatic carbocycles. The molecule has 1 rings (SSSR count). The van der Waals surface area contributed by atoms with E-state index in [4.69, 9.17) is 0 Å². The van der Waals surface area contributed by atoms with E-state index in [9.17, 15) is 34.8 Å². The van der Waals surface area contributed by atoms with Crippen molar-refractivity contribution in [3.63, 3.8) is 0 Å². The number of benzene rings is 1. The fourth-order valence-corrected chi connectivity index (χ4v) is 1.66. The Morgan fingerprint density at radius 2 is 1.29 bits per heavy atom. The van der Waals surface area contributed by atoms with Crippen LogP contribution in [0.1, 0.15) is 11.1 Å². The molecular formula is C10H9F6NO3S. The van der Waals surface area contributed by atoms with Crippen LogP contribution < -0.4 is 4.18 Å². The molecule has 0 aromatic heterocycles. The molecule has 0 aliphatic heterocycles. The van der Waals surface area contributed by atoms with Gasteiger partial charge in [0.2, 0.25) is 0 Å². The van der Waals surface area contributed by atoms with Gasteiger partial charge < -0.3 is 4.18 Å². The van der Waals surface area contributed by atoms with Crippen LogP contribution in [-0.2, 0) is 22.7 Å². The third-order valence-electron chi connectivity index (χ3n) is 2.21. The zero-order chi connectivity index (χ0) is 16.6. The summed E-state index contributed by atoms with van der Waals surface area (Å²) < 4.78 is 103. The molecule has 11 heteroatoms. The lowest BCUT2D eigenvalue weighted by molar-refractivity contribution is -0.143. The first-order chi connectivity index (χ1) is 9.23. The maximum absolute atomic E-state index is 12.5. The molecule has 1 aromatic carbocycles. The molecule has 120 valence electrons. The van der Waals surface area contributed by atoms with Gasteiger partial charge in [-0.25, -0.2) is 0 Å². The fraction of sp³-hybridized carbons (Fsp3) is 0.400. The molecule has 4 nitrogen and oxygen atoms in total. The highest BCUT2D eigenvalue weighted by atomic mass is 32.2. The monoisotopic (exact) mass is 337 g/mol. The lowest BCUT2D eigenvalue weighted by atomic mass is 10.1. The van der Waals surface area contributed by atoms with Crippen molar-refractivity contribution in [1.29, 1.82) is 0 Å². The van der Waals surface area contributed by atoms with Gasteiger partial charge in [-0.15, -0.1) is 0 Å². The van der Waals surface area contributed by atoms with Crippen molar-refractivity contribution in [1.82, 2.24) is 4.31 Å². The summed E-state index contributed by atoms with van der Waals surface area (Å²) in [7, 11) is -2.46. The number of hydrogen-bond acceptors (Lipinski definition) is 3. The van der Waals surface area contributed by atoms with Crippen molar-refractivity contribution < 1.29 is 38.9 Å². The number of nitrogens with zero attached hydrogens (tertiary/aromatic N) is 1. The Balaban J connectivity index is 3.40. The molecule has 0 spiro atoms. The van der Waals surface area contributed by atoms with E-state index in [1.807, 2.05) is 0 Å². The second-order valence-corrected chi connectivity index (χ2v) is 5.82. The molecule has 0 radical (unpaired) electrons. The van der Waals surface area contributed by atoms with Crippen molar-refractivity contribution in [2.24, 2.45) is 0 Å². The van der Waals surface area contributed by atoms with Gasteiger partial charge in [-0.1, -0.05) is 0 Å². The Bertz CT molecular complexity index is 588. The van der Waals surface area contributed by atoms with Gasteiger partial charge in [0.15, 0.2) is 0 Å². The number of rotatable bonds is 3. The van der Waals surface area contributed by atoms with Crippen LogP contribution in [0.15, 0.2) is 18.2 Å². The Hall–Kier alpha value is -1.49. The van der Waals surface area contributed by atoms with Gasteiger partial charge in [0, 0.05) is 14.1 Å². The molecule has 0 atom stereocenters. The summed E-state index contributed by atoms with van der Waals surface area (Å²) in [5, 5.41) is 0. The van der Waals surface area contributed by atoms with E-state index in [-0.39, 0.29) is 18.2 Å². The Morgan fingerprint density at radius 1 is 0.905 bits per heavy atom. The summed E-state index contributed by atoms with van der Waals surface area (Å²) in [4.78, 5) is 0. The first-order valence-electron chi connectivity index (χ1n) is 5.15. The standard InChI is InChI=1S/C10H9F6NO3S/c1-17(2)21(18,19)20-8-4-6(9(11,12)13)3-7(5-8)10(14,15)16/h3-5H,1-2H3. The van der Waals surface area contributed by atoms with Crippen molar-refractivity contribution in [2.45, 2.75) is 12.4 Å². The Kier molecular flexibility index (Phi) is 4.49. The van der Waals surface area contributed by atoms with Gasteiger partial charge in [-0.3, -0.25) is 0 Å². The highest BCUT2D eigenvalue weighted by Crippen LogP contribution is 2.38. The quantitative estimate of drug-likeness (QED) is 0.797. The van der Waals surface area contributed by atoms with Crippen LogP contribution in [0, 0.1) is 0 Å². The van der Waals surface area contributed by atoms with Crippen LogP contribution >= 0.6 is 0 Å². The van der Waals surface area contributed by atoms with E-state index in [1.165, 1.54) is 0 Å². The second kappa shape index (κ2) is 5.37. The average Bonchev–Trinajstić information content (AvgIpc) is 2.25. The van der Waals surface area contributed by atoms with Crippen LogP contribution in [0.5, 0.6) is 5.75 Å². The summed E-state index contributed by atoms with van der Waals surface area (Å²) in [6.45, 7) is 0. The van der Waals surface area contributed by atoms with Crippen LogP contribution in [0.2, 0.25) is 0 Å². The summed E-state index contributed by atoms with van der Waals surface area (Å²) in [6.07, 6.45) is -10.2. The molecular weight excluding hydrogens is 328 g/mol. The predicted molar refractivity (Wildman–Crippen MR) is 59.7 cm³/mol. The Morgan fingerprint density at radius 3 is 1.57 bits per heavy atom. The summed E-state index contributed by atoms with van der Waals surface area (Å²) in [5.74, 6) is -1.08. The predicted octanol–water partition coefficient (Wildman–Crippen LogP) is 2.91. The molecule has 0 bridgehead atoms. The SMILES string of the molecule is CN(C)S(=O)(=O)Oc1cc(C(F)(F)F)cc(C(F)(F)F)c1.